The van der Waals surface area contributed by atoms with Crippen LogP contribution < -0.4 is 18.9 Å². The molecule has 8 nitrogen and oxygen atoms in total. The monoisotopic (exact) mass is 460 g/mol. The van der Waals surface area contributed by atoms with Gasteiger partial charge in [-0.3, -0.25) is 0 Å². The fourth-order valence-corrected chi connectivity index (χ4v) is 7.31. The van der Waals surface area contributed by atoms with Crippen LogP contribution in [0.2, 0.25) is 0 Å². The molecule has 0 spiro atoms. The Kier molecular flexibility index (Phi) is 7.65. The maximum absolute atomic E-state index is 13.1. The molecule has 170 valence electrons. The van der Waals surface area contributed by atoms with E-state index in [4.69, 9.17) is 9.47 Å². The van der Waals surface area contributed by atoms with Crippen LogP contribution >= 0.6 is 0 Å². The van der Waals surface area contributed by atoms with Crippen LogP contribution in [-0.4, -0.2) is 43.1 Å². The minimum atomic E-state index is -3.97. The number of rotatable bonds is 8. The van der Waals surface area contributed by atoms with Crippen molar-refractivity contribution >= 4 is 20.0 Å². The third kappa shape index (κ3) is 5.46. The summed E-state index contributed by atoms with van der Waals surface area (Å²) < 4.78 is 68.4. The van der Waals surface area contributed by atoms with Gasteiger partial charge in [0.1, 0.15) is 21.3 Å². The second-order valence-electron chi connectivity index (χ2n) is 8.07. The molecule has 0 aliphatic heterocycles. The Hall–Kier alpha value is -1.36. The first-order valence-electron chi connectivity index (χ1n) is 10.6. The van der Waals surface area contributed by atoms with Gasteiger partial charge in [-0.25, -0.2) is 26.3 Å². The molecule has 0 saturated heterocycles. The minimum absolute atomic E-state index is 0.0479. The van der Waals surface area contributed by atoms with Crippen LogP contribution in [0.4, 0.5) is 0 Å². The van der Waals surface area contributed by atoms with E-state index in [9.17, 15) is 16.8 Å². The highest BCUT2D eigenvalue weighted by Gasteiger charge is 2.31. The Labute approximate surface area is 179 Å². The molecule has 3 rings (SSSR count). The molecule has 0 aromatic heterocycles. The molecule has 2 fully saturated rings. The van der Waals surface area contributed by atoms with E-state index in [1.54, 1.807) is 0 Å². The molecule has 0 radical (unpaired) electrons. The highest BCUT2D eigenvalue weighted by Crippen LogP contribution is 2.36. The third-order valence-electron chi connectivity index (χ3n) is 5.88. The van der Waals surface area contributed by atoms with Crippen molar-refractivity contribution in [3.63, 3.8) is 0 Å². The molecule has 2 aliphatic carbocycles. The van der Waals surface area contributed by atoms with Gasteiger partial charge in [-0.05, 0) is 31.7 Å². The van der Waals surface area contributed by atoms with E-state index in [2.05, 4.69) is 9.44 Å². The molecule has 0 atom stereocenters. The third-order valence-corrected chi connectivity index (χ3v) is 8.97. The largest absolute Gasteiger partial charge is 0.495 e. The smallest absolute Gasteiger partial charge is 0.244 e. The molecule has 1 aromatic rings. The highest BCUT2D eigenvalue weighted by atomic mass is 32.2. The zero-order valence-corrected chi connectivity index (χ0v) is 19.3. The number of hydrogen-bond acceptors (Lipinski definition) is 6. The van der Waals surface area contributed by atoms with Crippen LogP contribution in [0.15, 0.2) is 21.9 Å². The van der Waals surface area contributed by atoms with E-state index >= 15 is 0 Å². The first kappa shape index (κ1) is 23.3. The molecule has 0 amide bonds. The fourth-order valence-electron chi connectivity index (χ4n) is 4.27. The maximum atomic E-state index is 13.1. The minimum Gasteiger partial charge on any atom is -0.495 e. The molecular weight excluding hydrogens is 428 g/mol. The quantitative estimate of drug-likeness (QED) is 0.617. The lowest BCUT2D eigenvalue weighted by Gasteiger charge is -2.25. The summed E-state index contributed by atoms with van der Waals surface area (Å²) >= 11 is 0. The fraction of sp³-hybridized carbons (Fsp3) is 0.700. The average Bonchev–Trinajstić information content (AvgIpc) is 2.73. The summed E-state index contributed by atoms with van der Waals surface area (Å²) in [5, 5.41) is 0. The van der Waals surface area contributed by atoms with E-state index in [0.29, 0.717) is 0 Å². The first-order chi connectivity index (χ1) is 14.3. The number of hydrogen-bond donors (Lipinski definition) is 2. The van der Waals surface area contributed by atoms with Gasteiger partial charge in [0.15, 0.2) is 0 Å². The van der Waals surface area contributed by atoms with Crippen molar-refractivity contribution in [1.82, 2.24) is 9.44 Å². The van der Waals surface area contributed by atoms with E-state index < -0.39 is 20.0 Å². The molecule has 2 saturated carbocycles. The van der Waals surface area contributed by atoms with Crippen molar-refractivity contribution in [1.29, 1.82) is 0 Å². The Morgan fingerprint density at radius 1 is 0.667 bits per heavy atom. The molecule has 10 heteroatoms. The van der Waals surface area contributed by atoms with Gasteiger partial charge in [0.25, 0.3) is 0 Å². The van der Waals surface area contributed by atoms with Crippen molar-refractivity contribution in [3.8, 4) is 11.5 Å². The number of ether oxygens (including phenoxy) is 2. The highest BCUT2D eigenvalue weighted by molar-refractivity contribution is 7.90. The van der Waals surface area contributed by atoms with E-state index in [-0.39, 0.29) is 33.4 Å². The van der Waals surface area contributed by atoms with E-state index in [1.165, 1.54) is 20.3 Å². The van der Waals surface area contributed by atoms with Gasteiger partial charge >= 0.3 is 0 Å². The van der Waals surface area contributed by atoms with Gasteiger partial charge in [-0.2, -0.15) is 0 Å². The summed E-state index contributed by atoms with van der Waals surface area (Å²) in [6, 6.07) is 2.16. The Morgan fingerprint density at radius 2 is 1.03 bits per heavy atom. The number of benzene rings is 1. The lowest BCUT2D eigenvalue weighted by Crippen LogP contribution is -2.37. The predicted octanol–water partition coefficient (Wildman–Crippen LogP) is 2.93. The molecule has 1 aromatic carbocycles. The van der Waals surface area contributed by atoms with E-state index in [1.807, 2.05) is 0 Å². The van der Waals surface area contributed by atoms with Crippen molar-refractivity contribution in [2.45, 2.75) is 86.1 Å². The Balaban J connectivity index is 1.97. The molecule has 0 bridgehead atoms. The van der Waals surface area contributed by atoms with Crippen LogP contribution in [0.25, 0.3) is 0 Å². The lowest BCUT2D eigenvalue weighted by molar-refractivity contribution is 0.375. The average molecular weight is 461 g/mol. The first-order valence-corrected chi connectivity index (χ1v) is 13.5. The van der Waals surface area contributed by atoms with Gasteiger partial charge in [0.05, 0.1) is 14.2 Å². The Bertz CT molecular complexity index is 861. The summed E-state index contributed by atoms with van der Waals surface area (Å²) in [7, 11) is -5.23. The predicted molar refractivity (Wildman–Crippen MR) is 114 cm³/mol. The molecule has 30 heavy (non-hydrogen) atoms. The summed E-state index contributed by atoms with van der Waals surface area (Å²) in [5.74, 6) is 0.0959. The summed E-state index contributed by atoms with van der Waals surface area (Å²) in [6.07, 6.45) is 9.15. The molecule has 0 unspecified atom stereocenters. The van der Waals surface area contributed by atoms with Gasteiger partial charge in [0.2, 0.25) is 20.0 Å². The molecule has 0 heterocycles. The topological polar surface area (TPSA) is 111 Å². The molecule has 2 N–H and O–H groups in total. The van der Waals surface area contributed by atoms with Crippen LogP contribution in [0.3, 0.4) is 0 Å². The summed E-state index contributed by atoms with van der Waals surface area (Å²) in [4.78, 5) is -0.388. The van der Waals surface area contributed by atoms with Gasteiger partial charge < -0.3 is 9.47 Å². The standard InChI is InChI=1S/C20H32N2O6S2/c1-27-17-13-18(28-2)20(30(25,26)22-16-11-7-4-8-12-16)14-19(17)29(23,24)21-15-9-5-3-6-10-15/h13-16,21-22H,3-12H2,1-2H3. The van der Waals surface area contributed by atoms with Crippen LogP contribution in [-0.2, 0) is 20.0 Å². The SMILES string of the molecule is COc1cc(OC)c(S(=O)(=O)NC2CCCCC2)cc1S(=O)(=O)NC1CCCCC1. The van der Waals surface area contributed by atoms with Crippen molar-refractivity contribution in [3.05, 3.63) is 12.1 Å². The summed E-state index contributed by atoms with van der Waals surface area (Å²) in [5.41, 5.74) is 0. The molecule has 2 aliphatic rings. The second kappa shape index (κ2) is 9.84. The summed E-state index contributed by atoms with van der Waals surface area (Å²) in [6.45, 7) is 0. The molecular formula is C20H32N2O6S2. The van der Waals surface area contributed by atoms with Gasteiger partial charge in [0, 0.05) is 18.2 Å². The van der Waals surface area contributed by atoms with Crippen LogP contribution in [0, 0.1) is 0 Å². The second-order valence-corrected chi connectivity index (χ2v) is 11.4. The van der Waals surface area contributed by atoms with Crippen LogP contribution in [0.5, 0.6) is 11.5 Å². The van der Waals surface area contributed by atoms with E-state index in [0.717, 1.165) is 70.3 Å². The van der Waals surface area contributed by atoms with Gasteiger partial charge in [-0.1, -0.05) is 38.5 Å². The zero-order valence-electron chi connectivity index (χ0n) is 17.6. The van der Waals surface area contributed by atoms with Crippen molar-refractivity contribution in [2.75, 3.05) is 14.2 Å². The van der Waals surface area contributed by atoms with Gasteiger partial charge in [-0.15, -0.1) is 0 Å². The lowest BCUT2D eigenvalue weighted by atomic mass is 9.96. The van der Waals surface area contributed by atoms with Crippen molar-refractivity contribution in [2.24, 2.45) is 0 Å². The maximum Gasteiger partial charge on any atom is 0.244 e. The number of sulfonamides is 2. The normalized spacial score (nSPS) is 19.5. The number of nitrogens with one attached hydrogen (secondary N) is 2. The van der Waals surface area contributed by atoms with Crippen molar-refractivity contribution < 1.29 is 26.3 Å². The number of methoxy groups -OCH3 is 2. The Morgan fingerprint density at radius 3 is 1.37 bits per heavy atom. The van der Waals surface area contributed by atoms with Crippen LogP contribution in [0.1, 0.15) is 64.2 Å². The zero-order chi connectivity index (χ0) is 21.8.